The van der Waals surface area contributed by atoms with Gasteiger partial charge in [-0.25, -0.2) is 9.37 Å². The van der Waals surface area contributed by atoms with Gasteiger partial charge in [-0.3, -0.25) is 0 Å². The fourth-order valence-corrected chi connectivity index (χ4v) is 4.75. The molecule has 3 heterocycles. The molecule has 0 amide bonds. The predicted octanol–water partition coefficient (Wildman–Crippen LogP) is 4.75. The topological polar surface area (TPSA) is 70.6 Å². The van der Waals surface area contributed by atoms with Gasteiger partial charge in [-0.05, 0) is 42.2 Å². The molecule has 1 saturated heterocycles. The van der Waals surface area contributed by atoms with Gasteiger partial charge >= 0.3 is 6.18 Å². The third-order valence-corrected chi connectivity index (χ3v) is 6.52. The lowest BCUT2D eigenvalue weighted by molar-refractivity contribution is -0.266. The zero-order chi connectivity index (χ0) is 25.4. The molecule has 0 saturated carbocycles. The van der Waals surface area contributed by atoms with Crippen molar-refractivity contribution in [3.8, 4) is 5.75 Å². The summed E-state index contributed by atoms with van der Waals surface area (Å²) in [7, 11) is 1.37. The van der Waals surface area contributed by atoms with Gasteiger partial charge in [0, 0.05) is 36.2 Å². The van der Waals surface area contributed by atoms with Crippen LogP contribution in [0.4, 0.5) is 23.4 Å². The van der Waals surface area contributed by atoms with E-state index in [-0.39, 0.29) is 17.0 Å². The minimum absolute atomic E-state index is 0.225. The van der Waals surface area contributed by atoms with E-state index in [1.54, 1.807) is 12.3 Å². The van der Waals surface area contributed by atoms with Crippen LogP contribution in [-0.2, 0) is 16.6 Å². The first-order valence-corrected chi connectivity index (χ1v) is 11.4. The number of nitrogens with zero attached hydrogens (tertiary/aromatic N) is 2. The van der Waals surface area contributed by atoms with E-state index in [0.29, 0.717) is 37.2 Å². The van der Waals surface area contributed by atoms with Gasteiger partial charge in [0.15, 0.2) is 5.60 Å². The van der Waals surface area contributed by atoms with E-state index in [1.807, 2.05) is 6.07 Å². The maximum absolute atomic E-state index is 14.3. The number of hydrogen-bond donors (Lipinski definition) is 2. The molecule has 0 spiro atoms. The van der Waals surface area contributed by atoms with Crippen LogP contribution in [0.2, 0.25) is 0 Å². The predicted molar refractivity (Wildman–Crippen MR) is 124 cm³/mol. The van der Waals surface area contributed by atoms with Crippen LogP contribution < -0.4 is 9.64 Å². The molecule has 0 radical (unpaired) electrons. The van der Waals surface area contributed by atoms with E-state index < -0.39 is 35.9 Å². The van der Waals surface area contributed by atoms with Gasteiger partial charge in [0.2, 0.25) is 0 Å². The van der Waals surface area contributed by atoms with Crippen LogP contribution in [0.3, 0.4) is 0 Å². The standard InChI is InChI=1S/C25H29F4N3O3/c1-23(2,19-12-17(26)4-5-21(19)34-3)15-24(33,25(27,28)29)13-18-10-16-11-22(30-14-20(16)31-18)32-6-8-35-9-7-32/h4-5,10-12,14,31,33H,6-9,13,15H2,1-3H3. The molecule has 1 aliphatic rings. The molecule has 0 bridgehead atoms. The number of hydrogen-bond acceptors (Lipinski definition) is 5. The number of pyridine rings is 1. The molecule has 6 nitrogen and oxygen atoms in total. The molecule has 4 rings (SSSR count). The van der Waals surface area contributed by atoms with Crippen LogP contribution in [0.5, 0.6) is 5.75 Å². The summed E-state index contributed by atoms with van der Waals surface area (Å²) in [5.74, 6) is 0.383. The average molecular weight is 496 g/mol. The number of fused-ring (bicyclic) bond motifs is 1. The number of aliphatic hydroxyl groups is 1. The van der Waals surface area contributed by atoms with Gasteiger partial charge in [0.1, 0.15) is 17.4 Å². The molecule has 2 N–H and O–H groups in total. The van der Waals surface area contributed by atoms with Crippen LogP contribution in [0, 0.1) is 5.82 Å². The first-order chi connectivity index (χ1) is 16.4. The van der Waals surface area contributed by atoms with Gasteiger partial charge in [0.25, 0.3) is 0 Å². The molecule has 1 aliphatic heterocycles. The van der Waals surface area contributed by atoms with E-state index in [0.717, 1.165) is 11.9 Å². The number of morpholine rings is 1. The lowest BCUT2D eigenvalue weighted by Gasteiger charge is -2.38. The van der Waals surface area contributed by atoms with Crippen molar-refractivity contribution >= 4 is 16.7 Å². The number of aromatic nitrogens is 2. The Kier molecular flexibility index (Phi) is 6.72. The van der Waals surface area contributed by atoms with Gasteiger partial charge < -0.3 is 24.5 Å². The number of halogens is 4. The van der Waals surface area contributed by atoms with Gasteiger partial charge in [-0.2, -0.15) is 13.2 Å². The lowest BCUT2D eigenvalue weighted by atomic mass is 9.73. The Morgan fingerprint density at radius 1 is 1.14 bits per heavy atom. The van der Waals surface area contributed by atoms with Crippen molar-refractivity contribution in [1.82, 2.24) is 9.97 Å². The number of nitrogens with one attached hydrogen (secondary N) is 1. The monoisotopic (exact) mass is 495 g/mol. The Morgan fingerprint density at radius 2 is 1.86 bits per heavy atom. The van der Waals surface area contributed by atoms with Crippen LogP contribution >= 0.6 is 0 Å². The number of aromatic amines is 1. The number of ether oxygens (including phenoxy) is 2. The summed E-state index contributed by atoms with van der Waals surface area (Å²) in [4.78, 5) is 9.43. The molecule has 1 fully saturated rings. The molecule has 3 aromatic rings. The molecular formula is C25H29F4N3O3. The molecule has 190 valence electrons. The molecule has 10 heteroatoms. The van der Waals surface area contributed by atoms with Crippen molar-refractivity contribution in [3.63, 3.8) is 0 Å². The van der Waals surface area contributed by atoms with Crippen LogP contribution in [-0.4, -0.2) is 60.3 Å². The Labute approximate surface area is 200 Å². The summed E-state index contributed by atoms with van der Waals surface area (Å²) in [6, 6.07) is 7.12. The summed E-state index contributed by atoms with van der Waals surface area (Å²) in [6.07, 6.45) is -4.74. The van der Waals surface area contributed by atoms with Crippen LogP contribution in [0.25, 0.3) is 10.9 Å². The Bertz CT molecular complexity index is 1190. The summed E-state index contributed by atoms with van der Waals surface area (Å²) in [5, 5.41) is 11.7. The lowest BCUT2D eigenvalue weighted by Crippen LogP contribution is -2.51. The number of methoxy groups -OCH3 is 1. The van der Waals surface area contributed by atoms with E-state index in [2.05, 4.69) is 14.9 Å². The summed E-state index contributed by atoms with van der Waals surface area (Å²) < 4.78 is 67.3. The van der Waals surface area contributed by atoms with Crippen molar-refractivity contribution in [1.29, 1.82) is 0 Å². The minimum atomic E-state index is -4.93. The third kappa shape index (κ3) is 5.23. The van der Waals surface area contributed by atoms with Gasteiger partial charge in [-0.1, -0.05) is 13.8 Å². The highest BCUT2D eigenvalue weighted by molar-refractivity contribution is 5.82. The van der Waals surface area contributed by atoms with E-state index in [9.17, 15) is 22.7 Å². The number of alkyl halides is 3. The second kappa shape index (κ2) is 9.31. The zero-order valence-corrected chi connectivity index (χ0v) is 19.9. The second-order valence-corrected chi connectivity index (χ2v) is 9.64. The smallest absolute Gasteiger partial charge is 0.417 e. The number of rotatable bonds is 7. The Hall–Kier alpha value is -2.85. The fourth-order valence-electron chi connectivity index (χ4n) is 4.75. The SMILES string of the molecule is COc1ccc(F)cc1C(C)(C)CC(O)(Cc1cc2cc(N3CCOCC3)ncc2[nH]1)C(F)(F)F. The average Bonchev–Trinajstić information content (AvgIpc) is 3.19. The Morgan fingerprint density at radius 3 is 2.51 bits per heavy atom. The highest BCUT2D eigenvalue weighted by atomic mass is 19.4. The number of anilines is 1. The van der Waals surface area contributed by atoms with Crippen LogP contribution in [0.15, 0.2) is 36.5 Å². The molecule has 2 aromatic heterocycles. The zero-order valence-electron chi connectivity index (χ0n) is 19.9. The van der Waals surface area contributed by atoms with Gasteiger partial charge in [-0.15, -0.1) is 0 Å². The number of H-pyrrole nitrogens is 1. The summed E-state index contributed by atoms with van der Waals surface area (Å²) in [5.41, 5.74) is -3.28. The van der Waals surface area contributed by atoms with Crippen molar-refractivity contribution in [2.24, 2.45) is 0 Å². The largest absolute Gasteiger partial charge is 0.496 e. The molecule has 1 atom stereocenters. The molecular weight excluding hydrogens is 466 g/mol. The van der Waals surface area contributed by atoms with E-state index in [1.165, 1.54) is 33.1 Å². The fraction of sp³-hybridized carbons (Fsp3) is 0.480. The van der Waals surface area contributed by atoms with E-state index in [4.69, 9.17) is 9.47 Å². The third-order valence-electron chi connectivity index (χ3n) is 6.52. The maximum Gasteiger partial charge on any atom is 0.417 e. The molecule has 35 heavy (non-hydrogen) atoms. The Balaban J connectivity index is 1.64. The first kappa shape index (κ1) is 25.2. The van der Waals surface area contributed by atoms with Gasteiger partial charge in [0.05, 0.1) is 32.0 Å². The first-order valence-electron chi connectivity index (χ1n) is 11.4. The molecule has 1 aromatic carbocycles. The maximum atomic E-state index is 14.3. The normalized spacial score (nSPS) is 17.0. The van der Waals surface area contributed by atoms with E-state index >= 15 is 0 Å². The molecule has 0 aliphatic carbocycles. The minimum Gasteiger partial charge on any atom is -0.496 e. The summed E-state index contributed by atoms with van der Waals surface area (Å²) >= 11 is 0. The van der Waals surface area contributed by atoms with Crippen molar-refractivity contribution < 1.29 is 32.1 Å². The quantitative estimate of drug-likeness (QED) is 0.463. The van der Waals surface area contributed by atoms with Crippen molar-refractivity contribution in [2.45, 2.75) is 43.9 Å². The highest BCUT2D eigenvalue weighted by Gasteiger charge is 2.56. The van der Waals surface area contributed by atoms with Crippen molar-refractivity contribution in [3.05, 3.63) is 53.6 Å². The molecule has 1 unspecified atom stereocenters. The van der Waals surface area contributed by atoms with Crippen molar-refractivity contribution in [2.75, 3.05) is 38.3 Å². The highest BCUT2D eigenvalue weighted by Crippen LogP contribution is 2.45. The van der Waals surface area contributed by atoms with Crippen LogP contribution in [0.1, 0.15) is 31.5 Å². The summed E-state index contributed by atoms with van der Waals surface area (Å²) in [6.45, 7) is 5.60. The number of benzene rings is 1. The second-order valence-electron chi connectivity index (χ2n) is 9.64.